The molecule has 34 heavy (non-hydrogen) atoms. The summed E-state index contributed by atoms with van der Waals surface area (Å²) in [5, 5.41) is 7.70. The van der Waals surface area contributed by atoms with Crippen LogP contribution in [0, 0.1) is 0 Å². The number of amides is 1. The summed E-state index contributed by atoms with van der Waals surface area (Å²) < 4.78 is 6.69. The van der Waals surface area contributed by atoms with Crippen LogP contribution in [-0.2, 0) is 4.79 Å². The Morgan fingerprint density at radius 3 is 2.71 bits per heavy atom. The lowest BCUT2D eigenvalue weighted by molar-refractivity contribution is -0.112. The lowest BCUT2D eigenvalue weighted by atomic mass is 10.1. The summed E-state index contributed by atoms with van der Waals surface area (Å²) in [6, 6.07) is 13.6. The number of anilines is 1. The van der Waals surface area contributed by atoms with Crippen molar-refractivity contribution < 1.29 is 14.0 Å². The predicted molar refractivity (Wildman–Crippen MR) is 125 cm³/mol. The number of hydrogen-bond acceptors (Lipinski definition) is 6. The quantitative estimate of drug-likeness (QED) is 0.263. The van der Waals surface area contributed by atoms with Gasteiger partial charge in [0.2, 0.25) is 5.95 Å². The van der Waals surface area contributed by atoms with Crippen LogP contribution in [0.25, 0.3) is 28.3 Å². The third-order valence-corrected chi connectivity index (χ3v) is 5.31. The van der Waals surface area contributed by atoms with Crippen LogP contribution >= 0.6 is 0 Å². The van der Waals surface area contributed by atoms with Gasteiger partial charge in [0.1, 0.15) is 11.5 Å². The third kappa shape index (κ3) is 3.81. The Morgan fingerprint density at radius 2 is 1.94 bits per heavy atom. The summed E-state index contributed by atoms with van der Waals surface area (Å²) in [5.41, 5.74) is 1.57. The molecule has 0 aliphatic carbocycles. The molecule has 0 spiro atoms. The smallest absolute Gasteiger partial charge is 0.298 e. The van der Waals surface area contributed by atoms with Crippen LogP contribution in [0.2, 0.25) is 0 Å². The minimum atomic E-state index is -0.862. The van der Waals surface area contributed by atoms with Crippen molar-refractivity contribution in [1.82, 2.24) is 24.7 Å². The van der Waals surface area contributed by atoms with Crippen LogP contribution in [0.5, 0.6) is 0 Å². The molecule has 0 unspecified atom stereocenters. The summed E-state index contributed by atoms with van der Waals surface area (Å²) in [6.07, 6.45) is 3.00. The average molecular weight is 456 g/mol. The van der Waals surface area contributed by atoms with E-state index in [1.807, 2.05) is 26.0 Å². The van der Waals surface area contributed by atoms with E-state index in [1.54, 1.807) is 30.3 Å². The molecule has 4 aromatic heterocycles. The third-order valence-electron chi connectivity index (χ3n) is 5.31. The van der Waals surface area contributed by atoms with E-state index < -0.39 is 11.7 Å². The number of hydrogen-bond donors (Lipinski definition) is 3. The minimum Gasteiger partial charge on any atom is -0.463 e. The maximum absolute atomic E-state index is 13.0. The van der Waals surface area contributed by atoms with Gasteiger partial charge in [0.15, 0.2) is 5.76 Å². The number of fused-ring (bicyclic) bond motifs is 1. The SMILES string of the molecule is CC(C)c1cc(=O)[nH]c(-n2nc(-c3ccco3)cc2NC(=O)C(=O)c2c[nH]c3ccccc23)n1. The van der Waals surface area contributed by atoms with E-state index in [4.69, 9.17) is 4.42 Å². The lowest BCUT2D eigenvalue weighted by Crippen LogP contribution is -2.25. The Bertz CT molecular complexity index is 1570. The van der Waals surface area contributed by atoms with E-state index in [1.165, 1.54) is 23.2 Å². The first-order chi connectivity index (χ1) is 16.4. The molecule has 10 heteroatoms. The summed E-state index contributed by atoms with van der Waals surface area (Å²) >= 11 is 0. The lowest BCUT2D eigenvalue weighted by Gasteiger charge is -2.10. The molecule has 5 aromatic rings. The number of H-pyrrole nitrogens is 2. The second-order valence-electron chi connectivity index (χ2n) is 7.98. The van der Waals surface area contributed by atoms with Gasteiger partial charge in [-0.05, 0) is 24.1 Å². The Kier molecular flexibility index (Phi) is 5.17. The molecule has 5 rings (SSSR count). The van der Waals surface area contributed by atoms with E-state index in [2.05, 4.69) is 25.4 Å². The molecule has 0 saturated carbocycles. The van der Waals surface area contributed by atoms with Gasteiger partial charge >= 0.3 is 0 Å². The van der Waals surface area contributed by atoms with Crippen molar-refractivity contribution in [3.8, 4) is 17.4 Å². The van der Waals surface area contributed by atoms with Crippen molar-refractivity contribution in [2.24, 2.45) is 0 Å². The van der Waals surface area contributed by atoms with Crippen LogP contribution in [0.3, 0.4) is 0 Å². The van der Waals surface area contributed by atoms with Crippen LogP contribution < -0.4 is 10.9 Å². The fraction of sp³-hybridized carbons (Fsp3) is 0.125. The van der Waals surface area contributed by atoms with Gasteiger partial charge in [-0.15, -0.1) is 0 Å². The molecule has 1 aromatic carbocycles. The van der Waals surface area contributed by atoms with E-state index in [0.29, 0.717) is 22.5 Å². The standard InChI is InChI=1S/C24H20N6O4/c1-13(2)17-11-21(31)28-24(26-17)30-20(10-18(29-30)19-8-5-9-34-19)27-23(33)22(32)15-12-25-16-7-4-3-6-14(15)16/h3-13,25H,1-2H3,(H,27,33)(H,26,28,31). The highest BCUT2D eigenvalue weighted by molar-refractivity contribution is 6.48. The first-order valence-corrected chi connectivity index (χ1v) is 10.6. The highest BCUT2D eigenvalue weighted by Gasteiger charge is 2.23. The van der Waals surface area contributed by atoms with Gasteiger partial charge in [-0.25, -0.2) is 4.98 Å². The fourth-order valence-electron chi connectivity index (χ4n) is 3.59. The van der Waals surface area contributed by atoms with Crippen molar-refractivity contribution in [1.29, 1.82) is 0 Å². The van der Waals surface area contributed by atoms with E-state index in [-0.39, 0.29) is 28.8 Å². The number of nitrogens with zero attached hydrogens (tertiary/aromatic N) is 3. The number of nitrogens with one attached hydrogen (secondary N) is 3. The average Bonchev–Trinajstić information content (AvgIpc) is 3.57. The molecule has 170 valence electrons. The number of para-hydroxylation sites is 1. The molecule has 0 saturated heterocycles. The summed E-state index contributed by atoms with van der Waals surface area (Å²) in [4.78, 5) is 48.2. The summed E-state index contributed by atoms with van der Waals surface area (Å²) in [5.74, 6) is -0.902. The highest BCUT2D eigenvalue weighted by atomic mass is 16.3. The van der Waals surface area contributed by atoms with Gasteiger partial charge in [0.05, 0.1) is 17.5 Å². The van der Waals surface area contributed by atoms with Gasteiger partial charge in [0.25, 0.3) is 17.2 Å². The molecular weight excluding hydrogens is 436 g/mol. The Balaban J connectivity index is 1.55. The van der Waals surface area contributed by atoms with Crippen LogP contribution in [0.1, 0.15) is 35.8 Å². The van der Waals surface area contributed by atoms with Crippen molar-refractivity contribution in [3.63, 3.8) is 0 Å². The number of rotatable bonds is 6. The molecule has 1 amide bonds. The Labute approximate surface area is 192 Å². The summed E-state index contributed by atoms with van der Waals surface area (Å²) in [7, 11) is 0. The second kappa shape index (κ2) is 8.32. The van der Waals surface area contributed by atoms with Crippen molar-refractivity contribution in [2.45, 2.75) is 19.8 Å². The molecule has 0 bridgehead atoms. The van der Waals surface area contributed by atoms with Crippen LogP contribution in [-0.4, -0.2) is 36.4 Å². The van der Waals surface area contributed by atoms with E-state index in [9.17, 15) is 14.4 Å². The number of benzene rings is 1. The normalized spacial score (nSPS) is 11.3. The molecule has 3 N–H and O–H groups in total. The number of carbonyl (C=O) groups is 2. The van der Waals surface area contributed by atoms with E-state index in [0.717, 1.165) is 5.52 Å². The van der Waals surface area contributed by atoms with Gasteiger partial charge in [-0.2, -0.15) is 9.78 Å². The van der Waals surface area contributed by atoms with Gasteiger partial charge in [-0.3, -0.25) is 19.4 Å². The van der Waals surface area contributed by atoms with Crippen LogP contribution in [0.15, 0.2) is 70.2 Å². The number of furan rings is 1. The highest BCUT2D eigenvalue weighted by Crippen LogP contribution is 2.25. The van der Waals surface area contributed by atoms with Crippen molar-refractivity contribution in [2.75, 3.05) is 5.32 Å². The first-order valence-electron chi connectivity index (χ1n) is 10.6. The van der Waals surface area contributed by atoms with Gasteiger partial charge in [0, 0.05) is 29.2 Å². The zero-order chi connectivity index (χ0) is 23.8. The maximum Gasteiger partial charge on any atom is 0.298 e. The largest absolute Gasteiger partial charge is 0.463 e. The number of carbonyl (C=O) groups excluding carboxylic acids is 2. The molecule has 10 nitrogen and oxygen atoms in total. The zero-order valence-electron chi connectivity index (χ0n) is 18.3. The Hall–Kier alpha value is -4.73. The predicted octanol–water partition coefficient (Wildman–Crippen LogP) is 3.64. The summed E-state index contributed by atoms with van der Waals surface area (Å²) in [6.45, 7) is 3.82. The number of aromatic amines is 2. The fourth-order valence-corrected chi connectivity index (χ4v) is 3.59. The topological polar surface area (TPSA) is 139 Å². The van der Waals surface area contributed by atoms with Crippen molar-refractivity contribution >= 4 is 28.4 Å². The van der Waals surface area contributed by atoms with Crippen LogP contribution in [0.4, 0.5) is 5.82 Å². The number of Topliss-reactive ketones (excluding diaryl/α,β-unsaturated/α-hetero) is 1. The number of aromatic nitrogens is 5. The molecular formula is C24H20N6O4. The van der Waals surface area contributed by atoms with E-state index >= 15 is 0 Å². The number of ketones is 1. The molecule has 0 atom stereocenters. The molecule has 0 aliphatic rings. The molecule has 0 fully saturated rings. The molecule has 0 aliphatic heterocycles. The first kappa shape index (κ1) is 21.1. The Morgan fingerprint density at radius 1 is 1.12 bits per heavy atom. The van der Waals surface area contributed by atoms with Gasteiger partial charge in [-0.1, -0.05) is 32.0 Å². The monoisotopic (exact) mass is 456 g/mol. The minimum absolute atomic E-state index is 0.0114. The van der Waals surface area contributed by atoms with Crippen molar-refractivity contribution in [3.05, 3.63) is 82.6 Å². The second-order valence-corrected chi connectivity index (χ2v) is 7.98. The molecule has 4 heterocycles. The maximum atomic E-state index is 13.0. The van der Waals surface area contributed by atoms with Gasteiger partial charge < -0.3 is 14.7 Å². The molecule has 0 radical (unpaired) electrons. The zero-order valence-corrected chi connectivity index (χ0v) is 18.3.